The lowest BCUT2D eigenvalue weighted by Crippen LogP contribution is -2.43. The van der Waals surface area contributed by atoms with Gasteiger partial charge in [0.15, 0.2) is 0 Å². The number of rotatable bonds is 8. The Labute approximate surface area is 121 Å². The number of aliphatic hydroxyl groups is 1. The van der Waals surface area contributed by atoms with E-state index in [0.717, 1.165) is 24.8 Å². The van der Waals surface area contributed by atoms with Crippen LogP contribution < -0.4 is 5.32 Å². The molecule has 20 heavy (non-hydrogen) atoms. The maximum absolute atomic E-state index is 12.2. The molecule has 1 heterocycles. The van der Waals surface area contributed by atoms with Gasteiger partial charge in [-0.1, -0.05) is 33.6 Å². The van der Waals surface area contributed by atoms with Gasteiger partial charge in [0.05, 0.1) is 5.60 Å². The summed E-state index contributed by atoms with van der Waals surface area (Å²) < 4.78 is 0. The fourth-order valence-electron chi connectivity index (χ4n) is 2.50. The molecule has 4 nitrogen and oxygen atoms in total. The third-order valence-electron chi connectivity index (χ3n) is 3.54. The van der Waals surface area contributed by atoms with Gasteiger partial charge in [0.1, 0.15) is 0 Å². The second-order valence-electron chi connectivity index (χ2n) is 5.29. The zero-order valence-electron chi connectivity index (χ0n) is 12.8. The molecule has 0 saturated carbocycles. The van der Waals surface area contributed by atoms with E-state index < -0.39 is 5.60 Å². The van der Waals surface area contributed by atoms with E-state index >= 15 is 0 Å². The van der Waals surface area contributed by atoms with E-state index in [-0.39, 0.29) is 5.91 Å². The molecule has 0 aliphatic heterocycles. The van der Waals surface area contributed by atoms with Crippen LogP contribution in [0.4, 0.5) is 0 Å². The normalized spacial score (nSPS) is 11.4. The summed E-state index contributed by atoms with van der Waals surface area (Å²) in [5.74, 6) is -0.130. The van der Waals surface area contributed by atoms with E-state index in [1.54, 1.807) is 18.5 Å². The topological polar surface area (TPSA) is 62.2 Å². The molecular weight excluding hydrogens is 252 g/mol. The number of hydrogen-bond donors (Lipinski definition) is 2. The number of pyridine rings is 1. The summed E-state index contributed by atoms with van der Waals surface area (Å²) in [4.78, 5) is 16.3. The van der Waals surface area contributed by atoms with E-state index in [4.69, 9.17) is 0 Å². The second-order valence-corrected chi connectivity index (χ2v) is 5.29. The smallest absolute Gasteiger partial charge is 0.251 e. The van der Waals surface area contributed by atoms with Crippen molar-refractivity contribution in [3.8, 4) is 0 Å². The molecule has 1 aromatic heterocycles. The van der Waals surface area contributed by atoms with Crippen molar-refractivity contribution < 1.29 is 9.90 Å². The second kappa shape index (κ2) is 8.00. The number of nitrogens with one attached hydrogen (secondary N) is 1. The molecule has 1 aromatic rings. The van der Waals surface area contributed by atoms with Crippen molar-refractivity contribution in [1.29, 1.82) is 0 Å². The summed E-state index contributed by atoms with van der Waals surface area (Å²) in [6.07, 6.45) is 7.34. The van der Waals surface area contributed by atoms with Crippen LogP contribution in [-0.2, 0) is 6.42 Å². The van der Waals surface area contributed by atoms with Gasteiger partial charge in [-0.25, -0.2) is 0 Å². The van der Waals surface area contributed by atoms with E-state index in [2.05, 4.69) is 10.3 Å². The highest BCUT2D eigenvalue weighted by molar-refractivity contribution is 5.95. The Bertz CT molecular complexity index is 426. The van der Waals surface area contributed by atoms with Crippen LogP contribution in [0.1, 0.15) is 62.4 Å². The van der Waals surface area contributed by atoms with Crippen LogP contribution in [0.5, 0.6) is 0 Å². The van der Waals surface area contributed by atoms with Gasteiger partial charge in [-0.15, -0.1) is 0 Å². The van der Waals surface area contributed by atoms with Crippen molar-refractivity contribution in [3.05, 3.63) is 29.6 Å². The first-order chi connectivity index (χ1) is 9.56. The highest BCUT2D eigenvalue weighted by Crippen LogP contribution is 2.19. The number of carbonyl (C=O) groups is 1. The monoisotopic (exact) mass is 278 g/mol. The molecule has 4 heteroatoms. The van der Waals surface area contributed by atoms with Crippen LogP contribution in [0.25, 0.3) is 0 Å². The van der Waals surface area contributed by atoms with E-state index in [1.807, 2.05) is 20.8 Å². The highest BCUT2D eigenvalue weighted by atomic mass is 16.3. The van der Waals surface area contributed by atoms with Crippen molar-refractivity contribution in [3.63, 3.8) is 0 Å². The number of aromatic nitrogens is 1. The minimum absolute atomic E-state index is 0.130. The quantitative estimate of drug-likeness (QED) is 0.768. The molecule has 2 N–H and O–H groups in total. The summed E-state index contributed by atoms with van der Waals surface area (Å²) in [6, 6.07) is 1.73. The average molecular weight is 278 g/mol. The Morgan fingerprint density at radius 3 is 2.50 bits per heavy atom. The summed E-state index contributed by atoms with van der Waals surface area (Å²) in [5.41, 5.74) is 0.788. The molecule has 0 atom stereocenters. The first-order valence-electron chi connectivity index (χ1n) is 7.49. The SMILES string of the molecule is CCCC(O)(CCC)CNC(=O)c1ccncc1CC. The maximum Gasteiger partial charge on any atom is 0.251 e. The molecule has 1 amide bonds. The molecular formula is C16H26N2O2. The summed E-state index contributed by atoms with van der Waals surface area (Å²) in [6.45, 7) is 6.39. The third kappa shape index (κ3) is 4.60. The Kier molecular flexibility index (Phi) is 6.65. The number of hydrogen-bond acceptors (Lipinski definition) is 3. The molecule has 0 aliphatic rings. The molecule has 0 spiro atoms. The molecule has 0 fully saturated rings. The van der Waals surface area contributed by atoms with Gasteiger partial charge in [0, 0.05) is 24.5 Å². The van der Waals surface area contributed by atoms with Crippen LogP contribution in [-0.4, -0.2) is 28.1 Å². The fourth-order valence-corrected chi connectivity index (χ4v) is 2.50. The first-order valence-corrected chi connectivity index (χ1v) is 7.49. The number of carbonyl (C=O) groups excluding carboxylic acids is 1. The van der Waals surface area contributed by atoms with Gasteiger partial charge >= 0.3 is 0 Å². The van der Waals surface area contributed by atoms with Crippen molar-refractivity contribution in [2.24, 2.45) is 0 Å². The van der Waals surface area contributed by atoms with Crippen LogP contribution in [0, 0.1) is 0 Å². The standard InChI is InChI=1S/C16H26N2O2/c1-4-8-16(20,9-5-2)12-18-15(19)14-7-10-17-11-13(14)6-3/h7,10-11,20H,4-6,8-9,12H2,1-3H3,(H,18,19). The minimum atomic E-state index is -0.793. The molecule has 0 saturated heterocycles. The van der Waals surface area contributed by atoms with Crippen molar-refractivity contribution in [1.82, 2.24) is 10.3 Å². The summed E-state index contributed by atoms with van der Waals surface area (Å²) >= 11 is 0. The predicted molar refractivity (Wildman–Crippen MR) is 80.7 cm³/mol. The molecule has 0 bridgehead atoms. The average Bonchev–Trinajstić information content (AvgIpc) is 2.45. The lowest BCUT2D eigenvalue weighted by molar-refractivity contribution is 0.0213. The Balaban J connectivity index is 2.70. The molecule has 0 aromatic carbocycles. The largest absolute Gasteiger partial charge is 0.388 e. The van der Waals surface area contributed by atoms with Crippen molar-refractivity contribution in [2.45, 2.75) is 58.5 Å². The van der Waals surface area contributed by atoms with Gasteiger partial charge in [-0.05, 0) is 30.9 Å². The molecule has 0 aliphatic carbocycles. The van der Waals surface area contributed by atoms with Crippen LogP contribution in [0.15, 0.2) is 18.5 Å². The van der Waals surface area contributed by atoms with Gasteiger partial charge in [0.2, 0.25) is 0 Å². The van der Waals surface area contributed by atoms with E-state index in [9.17, 15) is 9.90 Å². The predicted octanol–water partition coefficient (Wildman–Crippen LogP) is 2.71. The molecule has 1 rings (SSSR count). The molecule has 0 unspecified atom stereocenters. The van der Waals surface area contributed by atoms with Gasteiger partial charge in [-0.3, -0.25) is 9.78 Å². The highest BCUT2D eigenvalue weighted by Gasteiger charge is 2.25. The minimum Gasteiger partial charge on any atom is -0.388 e. The summed E-state index contributed by atoms with van der Waals surface area (Å²) in [5, 5.41) is 13.4. The van der Waals surface area contributed by atoms with E-state index in [0.29, 0.717) is 24.9 Å². The van der Waals surface area contributed by atoms with Crippen molar-refractivity contribution in [2.75, 3.05) is 6.54 Å². The third-order valence-corrected chi connectivity index (χ3v) is 3.54. The van der Waals surface area contributed by atoms with Gasteiger partial charge in [-0.2, -0.15) is 0 Å². The van der Waals surface area contributed by atoms with Crippen molar-refractivity contribution >= 4 is 5.91 Å². The van der Waals surface area contributed by atoms with Crippen LogP contribution >= 0.6 is 0 Å². The zero-order valence-corrected chi connectivity index (χ0v) is 12.8. The summed E-state index contributed by atoms with van der Waals surface area (Å²) in [7, 11) is 0. The van der Waals surface area contributed by atoms with Gasteiger partial charge < -0.3 is 10.4 Å². The maximum atomic E-state index is 12.2. The Morgan fingerprint density at radius 1 is 1.30 bits per heavy atom. The zero-order chi connectivity index (χ0) is 15.0. The number of amides is 1. The van der Waals surface area contributed by atoms with E-state index in [1.165, 1.54) is 0 Å². The number of nitrogens with zero attached hydrogens (tertiary/aromatic N) is 1. The van der Waals surface area contributed by atoms with Gasteiger partial charge in [0.25, 0.3) is 5.91 Å². The lowest BCUT2D eigenvalue weighted by Gasteiger charge is -2.27. The fraction of sp³-hybridized carbons (Fsp3) is 0.625. The Hall–Kier alpha value is -1.42. The molecule has 112 valence electrons. The molecule has 0 radical (unpaired) electrons. The first kappa shape index (κ1) is 16.6. The number of aryl methyl sites for hydroxylation is 1. The Morgan fingerprint density at radius 2 is 1.95 bits per heavy atom. The van der Waals surface area contributed by atoms with Crippen LogP contribution in [0.3, 0.4) is 0 Å². The lowest BCUT2D eigenvalue weighted by atomic mass is 9.92. The van der Waals surface area contributed by atoms with Crippen LogP contribution in [0.2, 0.25) is 0 Å².